The van der Waals surface area contributed by atoms with Crippen LogP contribution in [0.4, 0.5) is 0 Å². The van der Waals surface area contributed by atoms with E-state index in [1.54, 1.807) is 0 Å². The van der Waals surface area contributed by atoms with Gasteiger partial charge in [-0.3, -0.25) is 6.08 Å². The first-order chi connectivity index (χ1) is 12.5. The molecule has 0 bridgehead atoms. The van der Waals surface area contributed by atoms with Crippen LogP contribution in [0.15, 0.2) is 84.9 Å². The molecule has 0 radical (unpaired) electrons. The van der Waals surface area contributed by atoms with Crippen molar-refractivity contribution in [2.45, 2.75) is 19.6 Å². The summed E-state index contributed by atoms with van der Waals surface area (Å²) in [5, 5.41) is 2.50. The average Bonchev–Trinajstić information content (AvgIpc) is 2.66. The van der Waals surface area contributed by atoms with E-state index in [9.17, 15) is 0 Å². The van der Waals surface area contributed by atoms with E-state index in [2.05, 4.69) is 104 Å². The second-order valence-corrected chi connectivity index (χ2v) is 14.9. The third kappa shape index (κ3) is 5.93. The molecule has 0 N–H and O–H groups in total. The average molecular weight is 465 g/mol. The Hall–Kier alpha value is -1.11. The van der Waals surface area contributed by atoms with Crippen molar-refractivity contribution in [1.29, 1.82) is 0 Å². The Morgan fingerprint density at radius 1 is 0.815 bits per heavy atom. The third-order valence-electron chi connectivity index (χ3n) is 3.85. The zero-order valence-corrected chi connectivity index (χ0v) is 20.4. The van der Waals surface area contributed by atoms with Gasteiger partial charge in [-0.2, -0.15) is 12.1 Å². The molecule has 134 valence electrons. The maximum absolute atomic E-state index is 5.49. The van der Waals surface area contributed by atoms with E-state index in [4.69, 9.17) is 4.75 Å². The van der Waals surface area contributed by atoms with Crippen molar-refractivity contribution in [2.24, 2.45) is 0 Å². The van der Waals surface area contributed by atoms with Crippen molar-refractivity contribution in [3.8, 4) is 0 Å². The largest absolute Gasteiger partial charge is 2.00 e. The Kier molecular flexibility index (Phi) is 8.13. The van der Waals surface area contributed by atoms with Gasteiger partial charge in [-0.15, -0.1) is 11.9 Å². The maximum atomic E-state index is 5.49. The van der Waals surface area contributed by atoms with E-state index < -0.39 is 15.6 Å². The summed E-state index contributed by atoms with van der Waals surface area (Å²) in [6, 6.07) is 32.6. The number of rotatable bonds is 6. The summed E-state index contributed by atoms with van der Waals surface area (Å²) >= 11 is 0. The normalized spacial score (nSPS) is 12.0. The van der Waals surface area contributed by atoms with E-state index in [1.807, 2.05) is 18.2 Å². The zero-order chi connectivity index (χ0) is 18.5. The number of hydrogen-bond donors (Lipinski definition) is 0. The van der Waals surface area contributed by atoms with Crippen molar-refractivity contribution >= 4 is 32.3 Å². The molecule has 0 saturated heterocycles. The molecule has 27 heavy (non-hydrogen) atoms. The van der Waals surface area contributed by atoms with Gasteiger partial charge in [0.25, 0.3) is 0 Å². The van der Waals surface area contributed by atoms with Gasteiger partial charge in [0.1, 0.15) is 0 Å². The molecule has 0 fully saturated rings. The van der Waals surface area contributed by atoms with Crippen LogP contribution >= 0.6 is 7.41 Å². The van der Waals surface area contributed by atoms with Gasteiger partial charge in [0.15, 0.2) is 0 Å². The molecule has 0 amide bonds. The molecule has 0 atom stereocenters. The van der Waals surface area contributed by atoms with Gasteiger partial charge in [0, 0.05) is 0 Å². The molecule has 3 aromatic carbocycles. The fourth-order valence-corrected chi connectivity index (χ4v) is 9.72. The van der Waals surface area contributed by atoms with Crippen LogP contribution in [0.2, 0.25) is 19.6 Å². The minimum absolute atomic E-state index is 0. The van der Waals surface area contributed by atoms with Crippen molar-refractivity contribution < 1.29 is 26.2 Å². The van der Waals surface area contributed by atoms with Gasteiger partial charge in [0.05, 0.1) is 10.6 Å². The molecule has 0 heterocycles. The molecule has 3 aromatic rings. The predicted molar refractivity (Wildman–Crippen MR) is 119 cm³/mol. The zero-order valence-electron chi connectivity index (χ0n) is 16.1. The monoisotopic (exact) mass is 463 g/mol. The van der Waals surface area contributed by atoms with E-state index in [1.165, 1.54) is 10.6 Å². The summed E-state index contributed by atoms with van der Waals surface area (Å²) in [5.74, 6) is 3.76. The van der Waals surface area contributed by atoms with Crippen LogP contribution in [-0.4, -0.2) is 8.24 Å². The van der Waals surface area contributed by atoms with Crippen molar-refractivity contribution in [3.63, 3.8) is 0 Å². The Morgan fingerprint density at radius 2 is 1.33 bits per heavy atom. The van der Waals surface area contributed by atoms with Gasteiger partial charge in [-0.1, -0.05) is 63.5 Å². The third-order valence-corrected chi connectivity index (χ3v) is 10.0. The second kappa shape index (κ2) is 9.89. The van der Waals surface area contributed by atoms with Crippen LogP contribution in [0.5, 0.6) is 0 Å². The first-order valence-electron chi connectivity index (χ1n) is 8.82. The Morgan fingerprint density at radius 3 is 1.78 bits per heavy atom. The molecule has 0 saturated carbocycles. The summed E-state index contributed by atoms with van der Waals surface area (Å²) in [6.07, 6.45) is 2.07. The summed E-state index contributed by atoms with van der Waals surface area (Å²) in [4.78, 5) is 0. The van der Waals surface area contributed by atoms with Gasteiger partial charge >= 0.3 is 26.2 Å². The van der Waals surface area contributed by atoms with E-state index in [-0.39, 0.29) is 26.2 Å². The second-order valence-electron chi connectivity index (χ2n) is 7.17. The fraction of sp³-hybridized carbons (Fsp3) is 0.130. The maximum Gasteiger partial charge on any atom is 2.00 e. The van der Waals surface area contributed by atoms with E-state index in [0.717, 1.165) is 5.56 Å². The Labute approximate surface area is 184 Å². The van der Waals surface area contributed by atoms with Crippen LogP contribution < -0.4 is 10.6 Å². The van der Waals surface area contributed by atoms with Crippen LogP contribution in [0, 0.1) is 11.9 Å². The summed E-state index contributed by atoms with van der Waals surface area (Å²) < 4.78 is 5.49. The fourth-order valence-electron chi connectivity index (χ4n) is 2.84. The van der Waals surface area contributed by atoms with E-state index in [0.29, 0.717) is 0 Å². The molecule has 3 rings (SSSR count). The number of nitrogens with zero attached hydrogens (tertiary/aromatic N) is 1. The van der Waals surface area contributed by atoms with Gasteiger partial charge in [0.2, 0.25) is 0 Å². The van der Waals surface area contributed by atoms with Crippen LogP contribution in [0.1, 0.15) is 5.56 Å². The smallest absolute Gasteiger partial charge is 0.496 e. The summed E-state index contributed by atoms with van der Waals surface area (Å²) in [7, 11) is -3.84. The number of hydrogen-bond acceptors (Lipinski definition) is 0. The molecule has 0 aliphatic heterocycles. The standard InChI is InChI=1S/C23H24NPSi.Zr/c1-26(2,3)24-25(22-15-9-5-10-16-22,23-17-11-6-12-18-23)20-19-21-13-7-4-8-14-21;/h4-13,15-19H,1-3H3;/q-2;+2. The Balaban J connectivity index is 0.00000261. The minimum atomic E-state index is -2.13. The van der Waals surface area contributed by atoms with Crippen LogP contribution in [0.3, 0.4) is 0 Å². The van der Waals surface area contributed by atoms with Crippen molar-refractivity contribution in [2.75, 3.05) is 0 Å². The predicted octanol–water partition coefficient (Wildman–Crippen LogP) is 6.05. The van der Waals surface area contributed by atoms with Crippen molar-refractivity contribution in [3.05, 3.63) is 107 Å². The Bertz CT molecular complexity index is 806. The number of benzene rings is 3. The molecule has 0 aliphatic rings. The quantitative estimate of drug-likeness (QED) is 0.239. The summed E-state index contributed by atoms with van der Waals surface area (Å²) in [5.41, 5.74) is 1.04. The van der Waals surface area contributed by atoms with Gasteiger partial charge in [-0.25, -0.2) is 12.1 Å². The van der Waals surface area contributed by atoms with Gasteiger partial charge < -0.3 is 10.3 Å². The molecule has 0 aliphatic carbocycles. The molecule has 4 heteroatoms. The van der Waals surface area contributed by atoms with Gasteiger partial charge in [-0.05, 0) is 32.5 Å². The molecule has 0 unspecified atom stereocenters. The summed E-state index contributed by atoms with van der Waals surface area (Å²) in [6.45, 7) is 6.89. The van der Waals surface area contributed by atoms with Crippen molar-refractivity contribution in [1.82, 2.24) is 0 Å². The first-order valence-corrected chi connectivity index (χ1v) is 14.0. The van der Waals surface area contributed by atoms with E-state index >= 15 is 0 Å². The molecule has 1 nitrogen and oxygen atoms in total. The minimum Gasteiger partial charge on any atom is -0.496 e. The van der Waals surface area contributed by atoms with Crippen LogP contribution in [-0.2, 0) is 26.2 Å². The topological polar surface area (TPSA) is 14.1 Å². The first kappa shape index (κ1) is 22.2. The molecular weight excluding hydrogens is 441 g/mol. The molecule has 0 aromatic heterocycles. The molecule has 0 spiro atoms. The van der Waals surface area contributed by atoms with Crippen LogP contribution in [0.25, 0.3) is 10.8 Å². The molecular formula is C23H24NPSiZr. The SMILES string of the molecule is C[Si](C)(C)[N-][P+]([C-]=Cc1[c-]cccc1)(c1ccccc1)c1ccccc1.[Zr+2].